The molecular weight excluding hydrogens is 142 g/mol. The van der Waals surface area contributed by atoms with Gasteiger partial charge in [-0.2, -0.15) is 0 Å². The lowest BCUT2D eigenvalue weighted by Gasteiger charge is -2.04. The second-order valence-electron chi connectivity index (χ2n) is 2.44. The van der Waals surface area contributed by atoms with Crippen LogP contribution >= 0.6 is 0 Å². The Morgan fingerprint density at radius 1 is 1.82 bits per heavy atom. The number of rotatable bonds is 3. The number of hydrogen-bond donors (Lipinski definition) is 1. The lowest BCUT2D eigenvalue weighted by atomic mass is 10.4. The Balaban J connectivity index is 2.16. The largest absolute Gasteiger partial charge is 0.496 e. The SMILES string of the molecule is CCC(=O)NCC1=CCCO1. The summed E-state index contributed by atoms with van der Waals surface area (Å²) in [5.41, 5.74) is 0. The fourth-order valence-corrected chi connectivity index (χ4v) is 0.903. The van der Waals surface area contributed by atoms with Gasteiger partial charge in [-0.15, -0.1) is 0 Å². The summed E-state index contributed by atoms with van der Waals surface area (Å²) in [6, 6.07) is 0. The van der Waals surface area contributed by atoms with Gasteiger partial charge < -0.3 is 10.1 Å². The molecule has 0 aromatic heterocycles. The highest BCUT2D eigenvalue weighted by Gasteiger charge is 2.05. The summed E-state index contributed by atoms with van der Waals surface area (Å²) in [6.07, 6.45) is 3.51. The third-order valence-corrected chi connectivity index (χ3v) is 1.56. The van der Waals surface area contributed by atoms with Crippen LogP contribution in [0.2, 0.25) is 0 Å². The Labute approximate surface area is 66.4 Å². The molecule has 11 heavy (non-hydrogen) atoms. The third kappa shape index (κ3) is 2.62. The van der Waals surface area contributed by atoms with Crippen LogP contribution in [-0.2, 0) is 9.53 Å². The lowest BCUT2D eigenvalue weighted by Crippen LogP contribution is -2.24. The van der Waals surface area contributed by atoms with Crippen molar-refractivity contribution < 1.29 is 9.53 Å². The Kier molecular flexibility index (Phi) is 2.95. The summed E-state index contributed by atoms with van der Waals surface area (Å²) in [5, 5.41) is 2.74. The Morgan fingerprint density at radius 3 is 3.18 bits per heavy atom. The van der Waals surface area contributed by atoms with Crippen LogP contribution in [0.1, 0.15) is 19.8 Å². The van der Waals surface area contributed by atoms with Gasteiger partial charge in [0.25, 0.3) is 0 Å². The molecule has 0 spiro atoms. The summed E-state index contributed by atoms with van der Waals surface area (Å²) >= 11 is 0. The summed E-state index contributed by atoms with van der Waals surface area (Å²) in [6.45, 7) is 3.14. The first kappa shape index (κ1) is 8.11. The standard InChI is InChI=1S/C8H13NO2/c1-2-8(10)9-6-7-4-3-5-11-7/h4H,2-3,5-6H2,1H3,(H,9,10). The molecule has 1 N–H and O–H groups in total. The summed E-state index contributed by atoms with van der Waals surface area (Å²) in [7, 11) is 0. The molecule has 1 amide bonds. The second-order valence-corrected chi connectivity index (χ2v) is 2.44. The molecule has 0 atom stereocenters. The fourth-order valence-electron chi connectivity index (χ4n) is 0.903. The van der Waals surface area contributed by atoms with Gasteiger partial charge in [0.2, 0.25) is 5.91 Å². The van der Waals surface area contributed by atoms with Gasteiger partial charge in [0, 0.05) is 12.8 Å². The first-order valence-corrected chi connectivity index (χ1v) is 3.91. The van der Waals surface area contributed by atoms with Crippen LogP contribution in [0.5, 0.6) is 0 Å². The average molecular weight is 155 g/mol. The van der Waals surface area contributed by atoms with Crippen LogP contribution in [-0.4, -0.2) is 19.1 Å². The van der Waals surface area contributed by atoms with Crippen LogP contribution in [0.25, 0.3) is 0 Å². The Hall–Kier alpha value is -0.990. The molecule has 0 aromatic carbocycles. The molecular formula is C8H13NO2. The third-order valence-electron chi connectivity index (χ3n) is 1.56. The normalized spacial score (nSPS) is 15.5. The van der Waals surface area contributed by atoms with Gasteiger partial charge in [0.15, 0.2) is 0 Å². The van der Waals surface area contributed by atoms with Crippen molar-refractivity contribution in [3.8, 4) is 0 Å². The minimum atomic E-state index is 0.0707. The first-order valence-electron chi connectivity index (χ1n) is 3.91. The van der Waals surface area contributed by atoms with E-state index in [4.69, 9.17) is 4.74 Å². The molecule has 0 saturated carbocycles. The van der Waals surface area contributed by atoms with Gasteiger partial charge in [-0.3, -0.25) is 4.79 Å². The monoisotopic (exact) mass is 155 g/mol. The van der Waals surface area contributed by atoms with Crippen LogP contribution in [0, 0.1) is 0 Å². The van der Waals surface area contributed by atoms with Crippen molar-refractivity contribution in [2.24, 2.45) is 0 Å². The number of ether oxygens (including phenoxy) is 1. The molecule has 0 aromatic rings. The van der Waals surface area contributed by atoms with Gasteiger partial charge >= 0.3 is 0 Å². The Morgan fingerprint density at radius 2 is 2.64 bits per heavy atom. The number of carbonyl (C=O) groups excluding carboxylic acids is 1. The van der Waals surface area contributed by atoms with E-state index in [0.29, 0.717) is 13.0 Å². The zero-order valence-corrected chi connectivity index (χ0v) is 6.72. The van der Waals surface area contributed by atoms with Crippen molar-refractivity contribution >= 4 is 5.91 Å². The number of amides is 1. The van der Waals surface area contributed by atoms with Gasteiger partial charge in [0.05, 0.1) is 13.2 Å². The van der Waals surface area contributed by atoms with E-state index in [-0.39, 0.29) is 5.91 Å². The highest BCUT2D eigenvalue weighted by atomic mass is 16.5. The zero-order chi connectivity index (χ0) is 8.10. The zero-order valence-electron chi connectivity index (χ0n) is 6.72. The van der Waals surface area contributed by atoms with E-state index in [0.717, 1.165) is 18.8 Å². The highest BCUT2D eigenvalue weighted by Crippen LogP contribution is 2.06. The van der Waals surface area contributed by atoms with Crippen LogP contribution in [0.4, 0.5) is 0 Å². The van der Waals surface area contributed by atoms with Crippen molar-refractivity contribution in [2.75, 3.05) is 13.2 Å². The minimum absolute atomic E-state index is 0.0707. The molecule has 3 heteroatoms. The molecule has 0 fully saturated rings. The van der Waals surface area contributed by atoms with E-state index in [1.165, 1.54) is 0 Å². The molecule has 0 saturated heterocycles. The topological polar surface area (TPSA) is 38.3 Å². The van der Waals surface area contributed by atoms with Gasteiger partial charge in [-0.05, 0) is 6.08 Å². The van der Waals surface area contributed by atoms with Crippen molar-refractivity contribution in [1.82, 2.24) is 5.32 Å². The number of hydrogen-bond acceptors (Lipinski definition) is 2. The van der Waals surface area contributed by atoms with E-state index >= 15 is 0 Å². The fraction of sp³-hybridized carbons (Fsp3) is 0.625. The molecule has 1 aliphatic rings. The van der Waals surface area contributed by atoms with E-state index in [2.05, 4.69) is 5.32 Å². The molecule has 3 nitrogen and oxygen atoms in total. The summed E-state index contributed by atoms with van der Waals surface area (Å²) < 4.78 is 5.19. The maximum atomic E-state index is 10.8. The predicted molar refractivity (Wildman–Crippen MR) is 42.0 cm³/mol. The Bertz CT molecular complexity index is 175. The smallest absolute Gasteiger partial charge is 0.220 e. The maximum absolute atomic E-state index is 10.8. The van der Waals surface area contributed by atoms with Crippen LogP contribution < -0.4 is 5.32 Å². The van der Waals surface area contributed by atoms with Crippen LogP contribution in [0.15, 0.2) is 11.8 Å². The average Bonchev–Trinajstić information content (AvgIpc) is 2.52. The van der Waals surface area contributed by atoms with Gasteiger partial charge in [-0.25, -0.2) is 0 Å². The van der Waals surface area contributed by atoms with Crippen molar-refractivity contribution in [2.45, 2.75) is 19.8 Å². The molecule has 0 unspecified atom stereocenters. The molecule has 0 radical (unpaired) electrons. The van der Waals surface area contributed by atoms with Crippen molar-refractivity contribution in [1.29, 1.82) is 0 Å². The molecule has 1 heterocycles. The molecule has 1 aliphatic heterocycles. The lowest BCUT2D eigenvalue weighted by molar-refractivity contribution is -0.120. The number of nitrogens with one attached hydrogen (secondary N) is 1. The maximum Gasteiger partial charge on any atom is 0.220 e. The summed E-state index contributed by atoms with van der Waals surface area (Å²) in [4.78, 5) is 10.8. The quantitative estimate of drug-likeness (QED) is 0.655. The molecule has 62 valence electrons. The first-order chi connectivity index (χ1) is 5.33. The molecule has 0 bridgehead atoms. The predicted octanol–water partition coefficient (Wildman–Crippen LogP) is 0.817. The van der Waals surface area contributed by atoms with E-state index < -0.39 is 0 Å². The van der Waals surface area contributed by atoms with E-state index in [1.54, 1.807) is 0 Å². The van der Waals surface area contributed by atoms with E-state index in [1.807, 2.05) is 13.0 Å². The number of carbonyl (C=O) groups is 1. The highest BCUT2D eigenvalue weighted by molar-refractivity contribution is 5.75. The van der Waals surface area contributed by atoms with Crippen molar-refractivity contribution in [3.63, 3.8) is 0 Å². The van der Waals surface area contributed by atoms with Gasteiger partial charge in [-0.1, -0.05) is 6.92 Å². The van der Waals surface area contributed by atoms with Crippen molar-refractivity contribution in [3.05, 3.63) is 11.8 Å². The molecule has 0 aliphatic carbocycles. The molecule has 1 rings (SSSR count). The minimum Gasteiger partial charge on any atom is -0.496 e. The van der Waals surface area contributed by atoms with Gasteiger partial charge in [0.1, 0.15) is 5.76 Å². The van der Waals surface area contributed by atoms with E-state index in [9.17, 15) is 4.79 Å². The summed E-state index contributed by atoms with van der Waals surface area (Å²) in [5.74, 6) is 0.966. The van der Waals surface area contributed by atoms with Crippen LogP contribution in [0.3, 0.4) is 0 Å². The second kappa shape index (κ2) is 4.01.